The van der Waals surface area contributed by atoms with Gasteiger partial charge in [0.1, 0.15) is 0 Å². The van der Waals surface area contributed by atoms with Crippen molar-refractivity contribution in [2.75, 3.05) is 13.1 Å². The van der Waals surface area contributed by atoms with Crippen molar-refractivity contribution >= 4 is 22.0 Å². The minimum absolute atomic E-state index is 0.163. The molecular formula is C10H14BrN3O2. The van der Waals surface area contributed by atoms with E-state index in [9.17, 15) is 4.79 Å². The summed E-state index contributed by atoms with van der Waals surface area (Å²) in [6.07, 6.45) is 2.80. The average Bonchev–Trinajstić information content (AvgIpc) is 2.60. The van der Waals surface area contributed by atoms with Gasteiger partial charge in [-0.25, -0.2) is 4.79 Å². The Labute approximate surface area is 102 Å². The largest absolute Gasteiger partial charge is 0.465 e. The van der Waals surface area contributed by atoms with Crippen LogP contribution in [0.3, 0.4) is 0 Å². The van der Waals surface area contributed by atoms with Crippen molar-refractivity contribution in [3.05, 3.63) is 16.4 Å². The number of halogens is 1. The molecule has 1 fully saturated rings. The zero-order valence-electron chi connectivity index (χ0n) is 9.06. The van der Waals surface area contributed by atoms with Crippen LogP contribution in [0.15, 0.2) is 10.7 Å². The summed E-state index contributed by atoms with van der Waals surface area (Å²) in [7, 11) is 0. The van der Waals surface area contributed by atoms with Crippen molar-refractivity contribution in [2.45, 2.75) is 25.8 Å². The number of hydrogen-bond acceptors (Lipinski definition) is 2. The second-order valence-electron chi connectivity index (χ2n) is 4.05. The van der Waals surface area contributed by atoms with Gasteiger partial charge in [0.25, 0.3) is 0 Å². The molecule has 1 aliphatic rings. The first-order chi connectivity index (χ1) is 7.59. The summed E-state index contributed by atoms with van der Waals surface area (Å²) in [5.41, 5.74) is 1.05. The fourth-order valence-corrected chi connectivity index (χ4v) is 2.37. The van der Waals surface area contributed by atoms with Gasteiger partial charge < -0.3 is 10.0 Å². The van der Waals surface area contributed by atoms with Gasteiger partial charge >= 0.3 is 6.09 Å². The minimum atomic E-state index is -0.839. The van der Waals surface area contributed by atoms with Crippen LogP contribution in [0.5, 0.6) is 0 Å². The molecule has 2 rings (SSSR count). The first kappa shape index (κ1) is 11.4. The molecule has 1 N–H and O–H groups in total. The van der Waals surface area contributed by atoms with Gasteiger partial charge in [0.05, 0.1) is 16.7 Å². The molecule has 1 aromatic rings. The van der Waals surface area contributed by atoms with Crippen molar-refractivity contribution in [3.63, 3.8) is 0 Å². The summed E-state index contributed by atoms with van der Waals surface area (Å²) in [5.74, 6) is 0. The minimum Gasteiger partial charge on any atom is -0.465 e. The van der Waals surface area contributed by atoms with Gasteiger partial charge in [-0.1, -0.05) is 0 Å². The number of rotatable bonds is 1. The molecule has 0 bridgehead atoms. The third-order valence-electron chi connectivity index (χ3n) is 3.00. The molecule has 0 saturated carbocycles. The van der Waals surface area contributed by atoms with E-state index in [2.05, 4.69) is 21.0 Å². The number of nitrogens with zero attached hydrogens (tertiary/aromatic N) is 3. The predicted octanol–water partition coefficient (Wildman–Crippen LogP) is 2.27. The Morgan fingerprint density at radius 3 is 3.00 bits per heavy atom. The molecule has 0 spiro atoms. The number of likely N-dealkylation sites (tertiary alicyclic amines) is 1. The van der Waals surface area contributed by atoms with Crippen molar-refractivity contribution in [3.8, 4) is 0 Å². The number of piperidine rings is 1. The molecule has 1 aromatic heterocycles. The van der Waals surface area contributed by atoms with Crippen LogP contribution in [0, 0.1) is 6.92 Å². The molecule has 2 heterocycles. The molecule has 1 aliphatic heterocycles. The summed E-state index contributed by atoms with van der Waals surface area (Å²) in [4.78, 5) is 12.4. The lowest BCUT2D eigenvalue weighted by Gasteiger charge is -2.31. The van der Waals surface area contributed by atoms with Crippen LogP contribution in [0.2, 0.25) is 0 Å². The van der Waals surface area contributed by atoms with E-state index < -0.39 is 6.09 Å². The highest BCUT2D eigenvalue weighted by Crippen LogP contribution is 2.25. The second-order valence-corrected chi connectivity index (χ2v) is 4.90. The van der Waals surface area contributed by atoms with Crippen LogP contribution in [0.25, 0.3) is 0 Å². The molecule has 0 aliphatic carbocycles. The fraction of sp³-hybridized carbons (Fsp3) is 0.600. The zero-order chi connectivity index (χ0) is 11.7. The molecular weight excluding hydrogens is 274 g/mol. The lowest BCUT2D eigenvalue weighted by molar-refractivity contribution is 0.119. The summed E-state index contributed by atoms with van der Waals surface area (Å²) in [6, 6.07) is 0.163. The number of amides is 1. The maximum atomic E-state index is 10.9. The molecule has 1 saturated heterocycles. The highest BCUT2D eigenvalue weighted by molar-refractivity contribution is 9.10. The monoisotopic (exact) mass is 287 g/mol. The van der Waals surface area contributed by atoms with Crippen LogP contribution in [-0.4, -0.2) is 39.0 Å². The summed E-state index contributed by atoms with van der Waals surface area (Å²) in [6.45, 7) is 3.15. The zero-order valence-corrected chi connectivity index (χ0v) is 10.6. The summed E-state index contributed by atoms with van der Waals surface area (Å²) < 4.78 is 2.89. The second kappa shape index (κ2) is 4.45. The Morgan fingerprint density at radius 2 is 2.44 bits per heavy atom. The molecule has 6 heteroatoms. The van der Waals surface area contributed by atoms with Gasteiger partial charge in [0.2, 0.25) is 0 Å². The van der Waals surface area contributed by atoms with Crippen LogP contribution < -0.4 is 0 Å². The van der Waals surface area contributed by atoms with Gasteiger partial charge in [-0.15, -0.1) is 0 Å². The van der Waals surface area contributed by atoms with Crippen molar-refractivity contribution in [2.24, 2.45) is 0 Å². The van der Waals surface area contributed by atoms with Gasteiger partial charge in [-0.3, -0.25) is 4.68 Å². The third kappa shape index (κ3) is 2.07. The van der Waals surface area contributed by atoms with Crippen LogP contribution in [0.1, 0.15) is 24.6 Å². The topological polar surface area (TPSA) is 58.4 Å². The first-order valence-corrected chi connectivity index (χ1v) is 6.06. The van der Waals surface area contributed by atoms with Crippen molar-refractivity contribution in [1.29, 1.82) is 0 Å². The summed E-state index contributed by atoms with van der Waals surface area (Å²) in [5, 5.41) is 13.2. The molecule has 1 atom stereocenters. The molecule has 1 amide bonds. The molecule has 0 aromatic carbocycles. The normalized spacial score (nSPS) is 21.1. The lowest BCUT2D eigenvalue weighted by atomic mass is 10.1. The number of carbonyl (C=O) groups is 1. The van der Waals surface area contributed by atoms with E-state index in [4.69, 9.17) is 5.11 Å². The molecule has 5 nitrogen and oxygen atoms in total. The van der Waals surface area contributed by atoms with Crippen molar-refractivity contribution < 1.29 is 9.90 Å². The summed E-state index contributed by atoms with van der Waals surface area (Å²) >= 11 is 3.41. The number of hydrogen-bond donors (Lipinski definition) is 1. The maximum Gasteiger partial charge on any atom is 0.407 e. The average molecular weight is 288 g/mol. The highest BCUT2D eigenvalue weighted by Gasteiger charge is 2.25. The predicted molar refractivity (Wildman–Crippen MR) is 62.5 cm³/mol. The van der Waals surface area contributed by atoms with Gasteiger partial charge in [-0.05, 0) is 35.7 Å². The van der Waals surface area contributed by atoms with Gasteiger partial charge in [0.15, 0.2) is 0 Å². The smallest absolute Gasteiger partial charge is 0.407 e. The SMILES string of the molecule is Cc1c(Br)cnn1[C@H]1CCCN(C(=O)O)C1. The Kier molecular flexibility index (Phi) is 3.18. The Bertz CT molecular complexity index is 405. The Balaban J connectivity index is 2.16. The molecule has 0 radical (unpaired) electrons. The molecule has 88 valence electrons. The van der Waals surface area contributed by atoms with E-state index in [0.29, 0.717) is 13.1 Å². The third-order valence-corrected chi connectivity index (χ3v) is 3.78. The maximum absolute atomic E-state index is 10.9. The van der Waals surface area contributed by atoms with Crippen LogP contribution in [0.4, 0.5) is 4.79 Å². The molecule has 16 heavy (non-hydrogen) atoms. The van der Waals surface area contributed by atoms with Crippen molar-refractivity contribution in [1.82, 2.24) is 14.7 Å². The van der Waals surface area contributed by atoms with Crippen LogP contribution >= 0.6 is 15.9 Å². The lowest BCUT2D eigenvalue weighted by Crippen LogP contribution is -2.40. The van der Waals surface area contributed by atoms with E-state index >= 15 is 0 Å². The highest BCUT2D eigenvalue weighted by atomic mass is 79.9. The fourth-order valence-electron chi connectivity index (χ4n) is 2.10. The van der Waals surface area contributed by atoms with Gasteiger partial charge in [-0.2, -0.15) is 5.10 Å². The quantitative estimate of drug-likeness (QED) is 0.862. The van der Waals surface area contributed by atoms with E-state index in [1.165, 1.54) is 4.90 Å². The van der Waals surface area contributed by atoms with Gasteiger partial charge in [0, 0.05) is 18.8 Å². The standard InChI is InChI=1S/C10H14BrN3O2/c1-7-9(11)5-12-14(7)8-3-2-4-13(6-8)10(15)16/h5,8H,2-4,6H2,1H3,(H,15,16)/t8-/m0/s1. The molecule has 0 unspecified atom stereocenters. The Morgan fingerprint density at radius 1 is 1.69 bits per heavy atom. The first-order valence-electron chi connectivity index (χ1n) is 5.27. The van der Waals surface area contributed by atoms with E-state index in [1.54, 1.807) is 6.20 Å². The van der Waals surface area contributed by atoms with E-state index in [0.717, 1.165) is 23.0 Å². The number of aromatic nitrogens is 2. The Hall–Kier alpha value is -1.04. The van der Waals surface area contributed by atoms with E-state index in [-0.39, 0.29) is 6.04 Å². The number of carboxylic acid groups (broad SMARTS) is 1. The van der Waals surface area contributed by atoms with Crippen LogP contribution in [-0.2, 0) is 0 Å². The van der Waals surface area contributed by atoms with E-state index in [1.807, 2.05) is 11.6 Å².